The number of aromatic nitrogens is 2. The summed E-state index contributed by atoms with van der Waals surface area (Å²) >= 11 is 0. The molecule has 0 saturated carbocycles. The number of aryl methyl sites for hydroxylation is 1. The van der Waals surface area contributed by atoms with Gasteiger partial charge in [0.2, 0.25) is 5.91 Å². The third kappa shape index (κ3) is 3.57. The van der Waals surface area contributed by atoms with Gasteiger partial charge in [-0.2, -0.15) is 5.10 Å². The maximum absolute atomic E-state index is 12.7. The third-order valence-electron chi connectivity index (χ3n) is 4.50. The van der Waals surface area contributed by atoms with Gasteiger partial charge in [-0.15, -0.1) is 0 Å². The molecule has 0 fully saturated rings. The summed E-state index contributed by atoms with van der Waals surface area (Å²) in [6.45, 7) is 5.61. The summed E-state index contributed by atoms with van der Waals surface area (Å²) in [6.07, 6.45) is 0. The minimum Gasteiger partial charge on any atom is -0.324 e. The molecule has 1 aromatic heterocycles. The molecule has 1 N–H and O–H groups in total. The molecule has 132 valence electrons. The monoisotopic (exact) mass is 347 g/mol. The molecule has 0 radical (unpaired) electrons. The standard InChI is InChI=1S/C21H21N3O2/c1-14-8-7-11-18(15(14)2)22-21(26)16(3)24-20(25)13-12-19(23-24)17-9-5-4-6-10-17/h4-13,16H,1-3H3,(H,22,26)/t16-/m1/s1. The van der Waals surface area contributed by atoms with Gasteiger partial charge in [0.1, 0.15) is 6.04 Å². The van der Waals surface area contributed by atoms with Gasteiger partial charge in [0.25, 0.3) is 5.56 Å². The van der Waals surface area contributed by atoms with Crippen molar-refractivity contribution in [2.45, 2.75) is 26.8 Å². The number of hydrogen-bond acceptors (Lipinski definition) is 3. The van der Waals surface area contributed by atoms with Gasteiger partial charge in [0.15, 0.2) is 0 Å². The summed E-state index contributed by atoms with van der Waals surface area (Å²) in [5.41, 5.74) is 4.07. The highest BCUT2D eigenvalue weighted by molar-refractivity contribution is 5.94. The maximum atomic E-state index is 12.7. The van der Waals surface area contributed by atoms with E-state index in [1.165, 1.54) is 10.7 Å². The lowest BCUT2D eigenvalue weighted by molar-refractivity contribution is -0.119. The second-order valence-electron chi connectivity index (χ2n) is 6.28. The molecule has 0 spiro atoms. The summed E-state index contributed by atoms with van der Waals surface area (Å²) < 4.78 is 1.22. The first-order valence-electron chi connectivity index (χ1n) is 8.50. The van der Waals surface area contributed by atoms with Crippen LogP contribution < -0.4 is 10.9 Å². The molecule has 3 rings (SSSR count). The van der Waals surface area contributed by atoms with Crippen LogP contribution in [0.1, 0.15) is 24.1 Å². The Hall–Kier alpha value is -3.21. The minimum absolute atomic E-state index is 0.279. The van der Waals surface area contributed by atoms with Crippen LogP contribution in [0.25, 0.3) is 11.3 Å². The number of amides is 1. The molecule has 0 aliphatic carbocycles. The van der Waals surface area contributed by atoms with Gasteiger partial charge in [-0.25, -0.2) is 4.68 Å². The first kappa shape index (κ1) is 17.6. The fraction of sp³-hybridized carbons (Fsp3) is 0.190. The zero-order valence-corrected chi connectivity index (χ0v) is 15.1. The fourth-order valence-corrected chi connectivity index (χ4v) is 2.70. The van der Waals surface area contributed by atoms with E-state index in [2.05, 4.69) is 10.4 Å². The molecule has 3 aromatic rings. The van der Waals surface area contributed by atoms with Crippen molar-refractivity contribution in [3.63, 3.8) is 0 Å². The van der Waals surface area contributed by atoms with Crippen LogP contribution >= 0.6 is 0 Å². The van der Waals surface area contributed by atoms with E-state index in [9.17, 15) is 9.59 Å². The first-order valence-corrected chi connectivity index (χ1v) is 8.50. The molecule has 0 unspecified atom stereocenters. The Labute approximate surface area is 152 Å². The van der Waals surface area contributed by atoms with E-state index in [4.69, 9.17) is 0 Å². The highest BCUT2D eigenvalue weighted by atomic mass is 16.2. The Balaban J connectivity index is 1.89. The quantitative estimate of drug-likeness (QED) is 0.782. The Bertz CT molecular complexity index is 994. The zero-order valence-electron chi connectivity index (χ0n) is 15.1. The van der Waals surface area contributed by atoms with E-state index in [1.54, 1.807) is 13.0 Å². The highest BCUT2D eigenvalue weighted by Gasteiger charge is 2.19. The average Bonchev–Trinajstić information content (AvgIpc) is 2.66. The number of anilines is 1. The number of hydrogen-bond donors (Lipinski definition) is 1. The van der Waals surface area contributed by atoms with E-state index in [0.717, 1.165) is 22.4 Å². The first-order chi connectivity index (χ1) is 12.5. The predicted molar refractivity (Wildman–Crippen MR) is 103 cm³/mol. The van der Waals surface area contributed by atoms with Crippen molar-refractivity contribution >= 4 is 11.6 Å². The lowest BCUT2D eigenvalue weighted by atomic mass is 10.1. The van der Waals surface area contributed by atoms with Crippen molar-refractivity contribution in [1.82, 2.24) is 9.78 Å². The number of nitrogens with zero attached hydrogens (tertiary/aromatic N) is 2. The van der Waals surface area contributed by atoms with Gasteiger partial charge in [0.05, 0.1) is 5.69 Å². The molecule has 0 aliphatic heterocycles. The Morgan fingerprint density at radius 1 is 1.00 bits per heavy atom. The van der Waals surface area contributed by atoms with Gasteiger partial charge in [-0.1, -0.05) is 42.5 Å². The molecule has 2 aromatic carbocycles. The summed E-state index contributed by atoms with van der Waals surface area (Å²) in [5.74, 6) is -0.279. The predicted octanol–water partition coefficient (Wildman–Crippen LogP) is 3.73. The summed E-state index contributed by atoms with van der Waals surface area (Å²) in [6, 6.07) is 17.7. The molecule has 1 amide bonds. The molecule has 5 nitrogen and oxygen atoms in total. The molecular formula is C21H21N3O2. The van der Waals surface area contributed by atoms with Crippen LogP contribution in [0.3, 0.4) is 0 Å². The number of rotatable bonds is 4. The SMILES string of the molecule is Cc1cccc(NC(=O)[C@@H](C)n2nc(-c3ccccc3)ccc2=O)c1C. The van der Waals surface area contributed by atoms with E-state index in [-0.39, 0.29) is 11.5 Å². The van der Waals surface area contributed by atoms with Crippen molar-refractivity contribution in [2.75, 3.05) is 5.32 Å². The van der Waals surface area contributed by atoms with Crippen LogP contribution in [-0.4, -0.2) is 15.7 Å². The molecule has 26 heavy (non-hydrogen) atoms. The molecule has 5 heteroatoms. The van der Waals surface area contributed by atoms with Crippen LogP contribution in [-0.2, 0) is 4.79 Å². The van der Waals surface area contributed by atoms with E-state index < -0.39 is 6.04 Å². The van der Waals surface area contributed by atoms with Crippen molar-refractivity contribution in [2.24, 2.45) is 0 Å². The van der Waals surface area contributed by atoms with Crippen LogP contribution in [0.15, 0.2) is 65.5 Å². The van der Waals surface area contributed by atoms with Gasteiger partial charge < -0.3 is 5.32 Å². The molecule has 0 bridgehead atoms. The van der Waals surface area contributed by atoms with Gasteiger partial charge in [-0.3, -0.25) is 9.59 Å². The topological polar surface area (TPSA) is 64.0 Å². The van der Waals surface area contributed by atoms with Gasteiger partial charge in [-0.05, 0) is 44.0 Å². The molecule has 0 aliphatic rings. The second-order valence-corrected chi connectivity index (χ2v) is 6.28. The van der Waals surface area contributed by atoms with Crippen LogP contribution in [0.2, 0.25) is 0 Å². The Morgan fingerprint density at radius 2 is 1.73 bits per heavy atom. The number of nitrogens with one attached hydrogen (secondary N) is 1. The average molecular weight is 347 g/mol. The third-order valence-corrected chi connectivity index (χ3v) is 4.50. The summed E-state index contributed by atoms with van der Waals surface area (Å²) in [4.78, 5) is 24.9. The van der Waals surface area contributed by atoms with E-state index in [0.29, 0.717) is 5.69 Å². The molecule has 1 atom stereocenters. The summed E-state index contributed by atoms with van der Waals surface area (Å²) in [7, 11) is 0. The van der Waals surface area contributed by atoms with E-state index in [1.807, 2.05) is 62.4 Å². The normalized spacial score (nSPS) is 11.8. The Morgan fingerprint density at radius 3 is 2.46 bits per heavy atom. The van der Waals surface area contributed by atoms with Crippen molar-refractivity contribution in [1.29, 1.82) is 0 Å². The second kappa shape index (κ2) is 7.35. The summed E-state index contributed by atoms with van der Waals surface area (Å²) in [5, 5.41) is 7.29. The molecule has 0 saturated heterocycles. The Kier molecular flexibility index (Phi) is 4.98. The van der Waals surface area contributed by atoms with Crippen LogP contribution in [0.5, 0.6) is 0 Å². The van der Waals surface area contributed by atoms with Crippen molar-refractivity contribution < 1.29 is 4.79 Å². The van der Waals surface area contributed by atoms with Crippen molar-refractivity contribution in [3.05, 3.63) is 82.1 Å². The smallest absolute Gasteiger partial charge is 0.267 e. The van der Waals surface area contributed by atoms with Crippen molar-refractivity contribution in [3.8, 4) is 11.3 Å². The highest BCUT2D eigenvalue weighted by Crippen LogP contribution is 2.20. The lowest BCUT2D eigenvalue weighted by Gasteiger charge is -2.16. The minimum atomic E-state index is -0.730. The lowest BCUT2D eigenvalue weighted by Crippen LogP contribution is -2.33. The van der Waals surface area contributed by atoms with E-state index >= 15 is 0 Å². The number of carbonyl (C=O) groups is 1. The van der Waals surface area contributed by atoms with Crippen LogP contribution in [0, 0.1) is 13.8 Å². The fourth-order valence-electron chi connectivity index (χ4n) is 2.70. The number of carbonyl (C=O) groups excluding carboxylic acids is 1. The number of benzene rings is 2. The largest absolute Gasteiger partial charge is 0.324 e. The molecular weight excluding hydrogens is 326 g/mol. The van der Waals surface area contributed by atoms with Gasteiger partial charge >= 0.3 is 0 Å². The van der Waals surface area contributed by atoms with Crippen LogP contribution in [0.4, 0.5) is 5.69 Å². The van der Waals surface area contributed by atoms with Gasteiger partial charge in [0, 0.05) is 17.3 Å². The molecule has 1 heterocycles. The maximum Gasteiger partial charge on any atom is 0.267 e. The zero-order chi connectivity index (χ0) is 18.7.